The van der Waals surface area contributed by atoms with Crippen LogP contribution in [0.2, 0.25) is 0 Å². The molecule has 0 unspecified atom stereocenters. The van der Waals surface area contributed by atoms with Crippen LogP contribution in [0, 0.1) is 22.7 Å². The molecule has 4 heteroatoms. The number of nitrogens with two attached hydrogens (primary N) is 1. The minimum atomic E-state index is 0.436. The zero-order valence-corrected chi connectivity index (χ0v) is 8.57. The summed E-state index contributed by atoms with van der Waals surface area (Å²) in [5, 5.41) is 17.4. The number of hydrogen-bond donors (Lipinski definition) is 1. The molecule has 1 rings (SSSR count). The quantitative estimate of drug-likeness (QED) is 0.750. The molecule has 1 aromatic carbocycles. The fraction of sp³-hybridized carbons (Fsp3) is 0.273. The zero-order valence-electron chi connectivity index (χ0n) is 8.57. The van der Waals surface area contributed by atoms with Crippen LogP contribution in [0.15, 0.2) is 18.2 Å². The second-order valence-electron chi connectivity index (χ2n) is 3.22. The third-order valence-electron chi connectivity index (χ3n) is 2.11. The van der Waals surface area contributed by atoms with Crippen molar-refractivity contribution in [1.82, 2.24) is 0 Å². The van der Waals surface area contributed by atoms with E-state index in [1.807, 2.05) is 11.9 Å². The standard InChI is InChI=1S/C11H12N4/c1-15(6-2-5-12)11-4-3-10(14)7-9(11)8-13/h3-4,7H,2,6,14H2,1H3. The van der Waals surface area contributed by atoms with Gasteiger partial charge in [-0.1, -0.05) is 0 Å². The summed E-state index contributed by atoms with van der Waals surface area (Å²) in [7, 11) is 1.85. The van der Waals surface area contributed by atoms with E-state index in [9.17, 15) is 0 Å². The highest BCUT2D eigenvalue weighted by Gasteiger charge is 2.06. The summed E-state index contributed by atoms with van der Waals surface area (Å²) in [6.07, 6.45) is 0.436. The minimum Gasteiger partial charge on any atom is -0.399 e. The average Bonchev–Trinajstić information content (AvgIpc) is 2.25. The normalized spacial score (nSPS) is 9.00. The summed E-state index contributed by atoms with van der Waals surface area (Å²) >= 11 is 0. The maximum absolute atomic E-state index is 8.92. The zero-order chi connectivity index (χ0) is 11.3. The molecule has 0 aromatic heterocycles. The van der Waals surface area contributed by atoms with Crippen molar-refractivity contribution >= 4 is 11.4 Å². The molecule has 0 aliphatic carbocycles. The van der Waals surface area contributed by atoms with Crippen LogP contribution >= 0.6 is 0 Å². The summed E-state index contributed by atoms with van der Waals surface area (Å²) in [5.74, 6) is 0. The Bertz CT molecular complexity index is 425. The van der Waals surface area contributed by atoms with Gasteiger partial charge in [0.15, 0.2) is 0 Å². The first-order chi connectivity index (χ1) is 7.19. The lowest BCUT2D eigenvalue weighted by atomic mass is 10.1. The van der Waals surface area contributed by atoms with Crippen molar-refractivity contribution in [2.24, 2.45) is 0 Å². The number of benzene rings is 1. The largest absolute Gasteiger partial charge is 0.399 e. The number of anilines is 2. The third-order valence-corrected chi connectivity index (χ3v) is 2.11. The van der Waals surface area contributed by atoms with Crippen molar-refractivity contribution in [2.45, 2.75) is 6.42 Å². The lowest BCUT2D eigenvalue weighted by Crippen LogP contribution is -2.19. The minimum absolute atomic E-state index is 0.436. The predicted octanol–water partition coefficient (Wildman–Crippen LogP) is 1.49. The highest BCUT2D eigenvalue weighted by atomic mass is 15.1. The van der Waals surface area contributed by atoms with Crippen molar-refractivity contribution < 1.29 is 0 Å². The van der Waals surface area contributed by atoms with Crippen molar-refractivity contribution in [3.63, 3.8) is 0 Å². The van der Waals surface area contributed by atoms with Gasteiger partial charge in [-0.15, -0.1) is 0 Å². The molecule has 15 heavy (non-hydrogen) atoms. The number of nitrogens with zero attached hydrogens (tertiary/aromatic N) is 3. The van der Waals surface area contributed by atoms with Gasteiger partial charge in [0.25, 0.3) is 0 Å². The maximum atomic E-state index is 8.92. The van der Waals surface area contributed by atoms with Gasteiger partial charge in [0, 0.05) is 19.3 Å². The van der Waals surface area contributed by atoms with Gasteiger partial charge >= 0.3 is 0 Å². The molecule has 76 valence electrons. The second-order valence-corrected chi connectivity index (χ2v) is 3.22. The number of hydrogen-bond acceptors (Lipinski definition) is 4. The van der Waals surface area contributed by atoms with Gasteiger partial charge in [-0.3, -0.25) is 0 Å². The van der Waals surface area contributed by atoms with E-state index in [2.05, 4.69) is 12.1 Å². The molecule has 0 saturated carbocycles. The molecule has 0 spiro atoms. The lowest BCUT2D eigenvalue weighted by Gasteiger charge is -2.19. The molecule has 0 heterocycles. The highest BCUT2D eigenvalue weighted by molar-refractivity contribution is 5.64. The first kappa shape index (κ1) is 10.9. The molecule has 0 radical (unpaired) electrons. The Kier molecular flexibility index (Phi) is 3.54. The molecule has 0 amide bonds. The molecule has 2 N–H and O–H groups in total. The SMILES string of the molecule is CN(CCC#N)c1ccc(N)cc1C#N. The molecule has 0 fully saturated rings. The van der Waals surface area contributed by atoms with Crippen LogP contribution in [-0.2, 0) is 0 Å². The van der Waals surface area contributed by atoms with Crippen LogP contribution < -0.4 is 10.6 Å². The number of nitriles is 2. The van der Waals surface area contributed by atoms with Crippen LogP contribution in [0.25, 0.3) is 0 Å². The molecule has 1 aromatic rings. The number of rotatable bonds is 3. The van der Waals surface area contributed by atoms with E-state index in [1.165, 1.54) is 0 Å². The monoisotopic (exact) mass is 200 g/mol. The van der Waals surface area contributed by atoms with E-state index in [0.29, 0.717) is 24.2 Å². The van der Waals surface area contributed by atoms with E-state index in [4.69, 9.17) is 16.3 Å². The van der Waals surface area contributed by atoms with Gasteiger partial charge < -0.3 is 10.6 Å². The smallest absolute Gasteiger partial charge is 0.101 e. The van der Waals surface area contributed by atoms with Gasteiger partial charge in [-0.25, -0.2) is 0 Å². The van der Waals surface area contributed by atoms with Gasteiger partial charge in [-0.2, -0.15) is 10.5 Å². The fourth-order valence-electron chi connectivity index (χ4n) is 1.31. The van der Waals surface area contributed by atoms with Crippen molar-refractivity contribution in [1.29, 1.82) is 10.5 Å². The van der Waals surface area contributed by atoms with Gasteiger partial charge in [-0.05, 0) is 18.2 Å². The number of nitrogen functional groups attached to an aromatic ring is 1. The predicted molar refractivity (Wildman–Crippen MR) is 59.1 cm³/mol. The van der Waals surface area contributed by atoms with Gasteiger partial charge in [0.1, 0.15) is 6.07 Å². The Morgan fingerprint density at radius 3 is 2.73 bits per heavy atom. The summed E-state index contributed by atoms with van der Waals surface area (Å²) in [6.45, 7) is 0.606. The second kappa shape index (κ2) is 4.88. The molecule has 0 atom stereocenters. The highest BCUT2D eigenvalue weighted by Crippen LogP contribution is 2.21. The van der Waals surface area contributed by atoms with Crippen molar-refractivity contribution in [3.8, 4) is 12.1 Å². The Morgan fingerprint density at radius 1 is 1.40 bits per heavy atom. The average molecular weight is 200 g/mol. The van der Waals surface area contributed by atoms with E-state index in [1.54, 1.807) is 18.2 Å². The topological polar surface area (TPSA) is 76.8 Å². The van der Waals surface area contributed by atoms with Gasteiger partial charge in [0.05, 0.1) is 23.7 Å². The maximum Gasteiger partial charge on any atom is 0.101 e. The van der Waals surface area contributed by atoms with E-state index in [0.717, 1.165) is 5.69 Å². The fourth-order valence-corrected chi connectivity index (χ4v) is 1.31. The summed E-state index contributed by atoms with van der Waals surface area (Å²) in [6, 6.07) is 9.34. The lowest BCUT2D eigenvalue weighted by molar-refractivity contribution is 0.904. The molecule has 4 nitrogen and oxygen atoms in total. The molecular formula is C11H12N4. The first-order valence-corrected chi connectivity index (χ1v) is 4.56. The van der Waals surface area contributed by atoms with Crippen LogP contribution in [0.3, 0.4) is 0 Å². The molecule has 0 saturated heterocycles. The summed E-state index contributed by atoms with van der Waals surface area (Å²) < 4.78 is 0. The van der Waals surface area contributed by atoms with E-state index >= 15 is 0 Å². The third kappa shape index (κ3) is 2.62. The summed E-state index contributed by atoms with van der Waals surface area (Å²) in [5.41, 5.74) is 7.50. The van der Waals surface area contributed by atoms with Crippen molar-refractivity contribution in [2.75, 3.05) is 24.2 Å². The van der Waals surface area contributed by atoms with E-state index < -0.39 is 0 Å². The molecule has 0 aliphatic rings. The van der Waals surface area contributed by atoms with Crippen LogP contribution in [0.1, 0.15) is 12.0 Å². The van der Waals surface area contributed by atoms with Crippen LogP contribution in [0.5, 0.6) is 0 Å². The van der Waals surface area contributed by atoms with E-state index in [-0.39, 0.29) is 0 Å². The van der Waals surface area contributed by atoms with Gasteiger partial charge in [0.2, 0.25) is 0 Å². The Balaban J connectivity index is 2.95. The Labute approximate surface area is 89.1 Å². The molecule has 0 bridgehead atoms. The van der Waals surface area contributed by atoms with Crippen LogP contribution in [-0.4, -0.2) is 13.6 Å². The van der Waals surface area contributed by atoms with Crippen LogP contribution in [0.4, 0.5) is 11.4 Å². The van der Waals surface area contributed by atoms with Crippen molar-refractivity contribution in [3.05, 3.63) is 23.8 Å². The Morgan fingerprint density at radius 2 is 2.13 bits per heavy atom. The molecule has 0 aliphatic heterocycles. The summed E-state index contributed by atoms with van der Waals surface area (Å²) in [4.78, 5) is 1.88. The molecular weight excluding hydrogens is 188 g/mol. The Hall–Kier alpha value is -2.20. The first-order valence-electron chi connectivity index (χ1n) is 4.56.